The summed E-state index contributed by atoms with van der Waals surface area (Å²) < 4.78 is 5.16. The van der Waals surface area contributed by atoms with Crippen LogP contribution in [-0.2, 0) is 11.3 Å². The molecule has 94 valence electrons. The van der Waals surface area contributed by atoms with E-state index in [2.05, 4.69) is 4.98 Å². The number of aliphatic hydroxyl groups is 1. The van der Waals surface area contributed by atoms with Gasteiger partial charge in [-0.05, 0) is 24.6 Å². The molecule has 0 radical (unpaired) electrons. The van der Waals surface area contributed by atoms with Gasteiger partial charge in [-0.3, -0.25) is 0 Å². The second-order valence-electron chi connectivity index (χ2n) is 4.07. The van der Waals surface area contributed by atoms with Gasteiger partial charge in [0.2, 0.25) is 0 Å². The Hall–Kier alpha value is -2.07. The lowest BCUT2D eigenvalue weighted by Gasteiger charge is -2.04. The summed E-state index contributed by atoms with van der Waals surface area (Å²) >= 11 is 0. The maximum absolute atomic E-state index is 11.7. The molecular weight excluding hydrogens is 230 g/mol. The minimum atomic E-state index is -0.624. The molecule has 0 saturated carbocycles. The first-order valence-corrected chi connectivity index (χ1v) is 5.75. The van der Waals surface area contributed by atoms with Gasteiger partial charge in [0.25, 0.3) is 0 Å². The number of rotatable bonds is 4. The molecule has 2 rings (SSSR count). The Morgan fingerprint density at radius 1 is 1.28 bits per heavy atom. The number of H-pyrrole nitrogens is 1. The molecule has 0 fully saturated rings. The van der Waals surface area contributed by atoms with E-state index in [4.69, 9.17) is 4.74 Å². The fraction of sp³-hybridized carbons (Fsp3) is 0.214. The van der Waals surface area contributed by atoms with Crippen molar-refractivity contribution in [3.05, 3.63) is 59.4 Å². The molecule has 0 aliphatic heterocycles. The number of aromatic amines is 1. The van der Waals surface area contributed by atoms with Crippen molar-refractivity contribution in [1.29, 1.82) is 0 Å². The first-order chi connectivity index (χ1) is 8.66. The summed E-state index contributed by atoms with van der Waals surface area (Å²) in [5.74, 6) is -0.425. The molecule has 0 bridgehead atoms. The molecule has 1 aromatic heterocycles. The average Bonchev–Trinajstić information content (AvgIpc) is 2.87. The van der Waals surface area contributed by atoms with Crippen molar-refractivity contribution in [2.24, 2.45) is 0 Å². The van der Waals surface area contributed by atoms with Gasteiger partial charge in [0.05, 0.1) is 6.10 Å². The topological polar surface area (TPSA) is 62.3 Å². The van der Waals surface area contributed by atoms with E-state index in [1.807, 2.05) is 30.3 Å². The lowest BCUT2D eigenvalue weighted by molar-refractivity contribution is 0.0466. The van der Waals surface area contributed by atoms with Crippen molar-refractivity contribution in [2.45, 2.75) is 19.6 Å². The molecule has 18 heavy (non-hydrogen) atoms. The Kier molecular flexibility index (Phi) is 3.79. The Bertz CT molecular complexity index is 517. The first kappa shape index (κ1) is 12.4. The van der Waals surface area contributed by atoms with E-state index >= 15 is 0 Å². The lowest BCUT2D eigenvalue weighted by Crippen LogP contribution is -2.06. The van der Waals surface area contributed by atoms with E-state index in [0.29, 0.717) is 11.4 Å². The molecule has 1 unspecified atom stereocenters. The molecule has 0 aliphatic carbocycles. The molecule has 0 aliphatic rings. The predicted octanol–water partition coefficient (Wildman–Crippen LogP) is 2.42. The number of nitrogens with one attached hydrogen (secondary N) is 1. The van der Waals surface area contributed by atoms with Crippen molar-refractivity contribution in [3.63, 3.8) is 0 Å². The van der Waals surface area contributed by atoms with Crippen LogP contribution >= 0.6 is 0 Å². The largest absolute Gasteiger partial charge is 0.456 e. The third-order valence-corrected chi connectivity index (χ3v) is 2.59. The van der Waals surface area contributed by atoms with Crippen molar-refractivity contribution < 1.29 is 14.6 Å². The second kappa shape index (κ2) is 5.51. The van der Waals surface area contributed by atoms with Crippen molar-refractivity contribution in [3.8, 4) is 0 Å². The van der Waals surface area contributed by atoms with Gasteiger partial charge in [-0.15, -0.1) is 0 Å². The fourth-order valence-corrected chi connectivity index (χ4v) is 1.58. The number of hydrogen-bond acceptors (Lipinski definition) is 3. The van der Waals surface area contributed by atoms with Gasteiger partial charge in [0.15, 0.2) is 0 Å². The molecule has 0 spiro atoms. The van der Waals surface area contributed by atoms with Gasteiger partial charge in [0, 0.05) is 5.69 Å². The van der Waals surface area contributed by atoms with Gasteiger partial charge in [-0.2, -0.15) is 0 Å². The van der Waals surface area contributed by atoms with Crippen LogP contribution in [0.2, 0.25) is 0 Å². The molecule has 0 saturated heterocycles. The van der Waals surface area contributed by atoms with Crippen molar-refractivity contribution in [2.75, 3.05) is 0 Å². The smallest absolute Gasteiger partial charge is 0.355 e. The summed E-state index contributed by atoms with van der Waals surface area (Å²) in [7, 11) is 0. The minimum Gasteiger partial charge on any atom is -0.456 e. The van der Waals surface area contributed by atoms with Gasteiger partial charge < -0.3 is 14.8 Å². The van der Waals surface area contributed by atoms with Crippen LogP contribution in [0.1, 0.15) is 34.8 Å². The van der Waals surface area contributed by atoms with Gasteiger partial charge in [-0.1, -0.05) is 30.3 Å². The zero-order valence-electron chi connectivity index (χ0n) is 10.1. The van der Waals surface area contributed by atoms with Crippen LogP contribution in [0.4, 0.5) is 0 Å². The van der Waals surface area contributed by atoms with E-state index in [1.165, 1.54) is 0 Å². The van der Waals surface area contributed by atoms with E-state index in [1.54, 1.807) is 19.1 Å². The highest BCUT2D eigenvalue weighted by atomic mass is 16.5. The monoisotopic (exact) mass is 245 g/mol. The fourth-order valence-electron chi connectivity index (χ4n) is 1.58. The summed E-state index contributed by atoms with van der Waals surface area (Å²) in [6.45, 7) is 1.87. The SMILES string of the molecule is CC(O)c1ccc(C(=O)OCc2ccccc2)[nH]1. The summed E-state index contributed by atoms with van der Waals surface area (Å²) in [4.78, 5) is 14.5. The number of aromatic nitrogens is 1. The van der Waals surface area contributed by atoms with Crippen LogP contribution in [0, 0.1) is 0 Å². The Morgan fingerprint density at radius 2 is 2.00 bits per heavy atom. The van der Waals surface area contributed by atoms with Crippen LogP contribution in [-0.4, -0.2) is 16.1 Å². The third-order valence-electron chi connectivity index (χ3n) is 2.59. The van der Waals surface area contributed by atoms with Gasteiger partial charge >= 0.3 is 5.97 Å². The number of aliphatic hydroxyl groups excluding tert-OH is 1. The Morgan fingerprint density at radius 3 is 2.61 bits per heavy atom. The quantitative estimate of drug-likeness (QED) is 0.813. The number of carbonyl (C=O) groups excluding carboxylic acids is 1. The highest BCUT2D eigenvalue weighted by Crippen LogP contribution is 2.12. The summed E-state index contributed by atoms with van der Waals surface area (Å²) in [6.07, 6.45) is -0.624. The molecule has 1 aromatic carbocycles. The molecule has 1 atom stereocenters. The molecule has 1 heterocycles. The number of esters is 1. The van der Waals surface area contributed by atoms with Crippen LogP contribution < -0.4 is 0 Å². The molecular formula is C14H15NO3. The predicted molar refractivity (Wildman–Crippen MR) is 67.0 cm³/mol. The van der Waals surface area contributed by atoms with Crippen molar-refractivity contribution in [1.82, 2.24) is 4.98 Å². The zero-order chi connectivity index (χ0) is 13.0. The van der Waals surface area contributed by atoms with Gasteiger partial charge in [0.1, 0.15) is 12.3 Å². The second-order valence-corrected chi connectivity index (χ2v) is 4.07. The lowest BCUT2D eigenvalue weighted by atomic mass is 10.2. The van der Waals surface area contributed by atoms with E-state index < -0.39 is 12.1 Å². The molecule has 4 nitrogen and oxygen atoms in total. The van der Waals surface area contributed by atoms with E-state index in [9.17, 15) is 9.90 Å². The highest BCUT2D eigenvalue weighted by Gasteiger charge is 2.11. The van der Waals surface area contributed by atoms with Crippen molar-refractivity contribution >= 4 is 5.97 Å². The van der Waals surface area contributed by atoms with Crippen LogP contribution in [0.3, 0.4) is 0 Å². The van der Waals surface area contributed by atoms with Crippen LogP contribution in [0.25, 0.3) is 0 Å². The maximum Gasteiger partial charge on any atom is 0.355 e. The Balaban J connectivity index is 1.95. The normalized spacial score (nSPS) is 12.1. The average molecular weight is 245 g/mol. The minimum absolute atomic E-state index is 0.239. The molecule has 0 amide bonds. The summed E-state index contributed by atoms with van der Waals surface area (Å²) in [5, 5.41) is 9.34. The van der Waals surface area contributed by atoms with E-state index in [0.717, 1.165) is 5.56 Å². The number of benzene rings is 1. The third kappa shape index (κ3) is 2.99. The van der Waals surface area contributed by atoms with Crippen LogP contribution in [0.15, 0.2) is 42.5 Å². The first-order valence-electron chi connectivity index (χ1n) is 5.75. The Labute approximate surface area is 105 Å². The summed E-state index contributed by atoms with van der Waals surface area (Å²) in [6, 6.07) is 12.8. The molecule has 2 N–H and O–H groups in total. The standard InChI is InChI=1S/C14H15NO3/c1-10(16)12-7-8-13(15-12)14(17)18-9-11-5-3-2-4-6-11/h2-8,10,15-16H,9H2,1H3. The highest BCUT2D eigenvalue weighted by molar-refractivity contribution is 5.87. The summed E-state index contributed by atoms with van der Waals surface area (Å²) in [5.41, 5.74) is 1.89. The van der Waals surface area contributed by atoms with Gasteiger partial charge in [-0.25, -0.2) is 4.79 Å². The zero-order valence-corrected chi connectivity index (χ0v) is 10.1. The molecule has 4 heteroatoms. The molecule has 2 aromatic rings. The number of carbonyl (C=O) groups is 1. The van der Waals surface area contributed by atoms with E-state index in [-0.39, 0.29) is 6.61 Å². The maximum atomic E-state index is 11.7. The van der Waals surface area contributed by atoms with Crippen LogP contribution in [0.5, 0.6) is 0 Å². The number of hydrogen-bond donors (Lipinski definition) is 2. The number of ether oxygens (including phenoxy) is 1.